The van der Waals surface area contributed by atoms with Gasteiger partial charge in [-0.05, 0) is 37.6 Å². The molecule has 3 aromatic rings. The summed E-state index contributed by atoms with van der Waals surface area (Å²) in [5, 5.41) is 10.4. The largest absolute Gasteiger partial charge is 0.490 e. The average molecular weight is 316 g/mol. The van der Waals surface area contributed by atoms with Crippen LogP contribution in [0.5, 0.6) is 5.75 Å². The van der Waals surface area contributed by atoms with Gasteiger partial charge in [0.15, 0.2) is 11.2 Å². The summed E-state index contributed by atoms with van der Waals surface area (Å²) in [6, 6.07) is 4.82. The van der Waals surface area contributed by atoms with E-state index in [1.165, 1.54) is 19.4 Å². The molecule has 0 aliphatic heterocycles. The van der Waals surface area contributed by atoms with Crippen molar-refractivity contribution in [1.29, 1.82) is 0 Å². The lowest BCUT2D eigenvalue weighted by Crippen LogP contribution is -2.18. The van der Waals surface area contributed by atoms with Crippen LogP contribution in [0.1, 0.15) is 19.4 Å². The molecule has 2 aromatic heterocycles. The first-order valence-corrected chi connectivity index (χ1v) is 6.99. The molecule has 0 radical (unpaired) electrons. The highest BCUT2D eigenvalue weighted by Gasteiger charge is 2.19. The van der Waals surface area contributed by atoms with E-state index in [0.29, 0.717) is 22.3 Å². The molecule has 120 valence electrons. The Hall–Kier alpha value is -2.57. The molecule has 23 heavy (non-hydrogen) atoms. The number of furan rings is 1. The first-order valence-electron chi connectivity index (χ1n) is 6.99. The van der Waals surface area contributed by atoms with E-state index in [-0.39, 0.29) is 0 Å². The lowest BCUT2D eigenvalue weighted by atomic mass is 10.0. The molecule has 1 N–H and O–H groups in total. The van der Waals surface area contributed by atoms with Gasteiger partial charge in [-0.15, -0.1) is 0 Å². The highest BCUT2D eigenvalue weighted by Crippen LogP contribution is 2.39. The number of rotatable bonds is 4. The molecular formula is C17H16O6. The van der Waals surface area contributed by atoms with Crippen LogP contribution in [0.2, 0.25) is 0 Å². The van der Waals surface area contributed by atoms with Crippen LogP contribution in [0.3, 0.4) is 0 Å². The second kappa shape index (κ2) is 5.57. The Labute approximate surface area is 131 Å². The van der Waals surface area contributed by atoms with Crippen molar-refractivity contribution in [2.24, 2.45) is 0 Å². The third kappa shape index (κ3) is 2.62. The average Bonchev–Trinajstić information content (AvgIpc) is 3.00. The first kappa shape index (κ1) is 15.3. The van der Waals surface area contributed by atoms with Crippen molar-refractivity contribution in [2.75, 3.05) is 7.11 Å². The first-order chi connectivity index (χ1) is 11.0. The van der Waals surface area contributed by atoms with Crippen LogP contribution in [-0.2, 0) is 4.89 Å². The Balaban J connectivity index is 2.39. The topological polar surface area (TPSA) is 82.0 Å². The Morgan fingerprint density at radius 3 is 2.61 bits per heavy atom. The Morgan fingerprint density at radius 2 is 1.91 bits per heavy atom. The zero-order chi connectivity index (χ0) is 16.6. The maximum atomic E-state index is 11.6. The molecule has 0 fully saturated rings. The van der Waals surface area contributed by atoms with E-state index in [1.54, 1.807) is 38.1 Å². The lowest BCUT2D eigenvalue weighted by Gasteiger charge is -2.15. The Morgan fingerprint density at radius 1 is 1.17 bits per heavy atom. The summed E-state index contributed by atoms with van der Waals surface area (Å²) in [6.45, 7) is 3.42. The number of ether oxygens (including phenoxy) is 1. The van der Waals surface area contributed by atoms with Gasteiger partial charge in [0.05, 0.1) is 13.4 Å². The molecular weight excluding hydrogens is 300 g/mol. The van der Waals surface area contributed by atoms with E-state index in [4.69, 9.17) is 18.8 Å². The normalized spacial score (nSPS) is 12.5. The summed E-state index contributed by atoms with van der Waals surface area (Å²) in [7, 11) is 1.49. The van der Waals surface area contributed by atoms with Gasteiger partial charge in [0.1, 0.15) is 5.60 Å². The zero-order valence-corrected chi connectivity index (χ0v) is 13.0. The monoisotopic (exact) mass is 316 g/mol. The molecule has 6 heteroatoms. The van der Waals surface area contributed by atoms with Crippen molar-refractivity contribution in [1.82, 2.24) is 0 Å². The fraction of sp³-hybridized carbons (Fsp3) is 0.235. The smallest absolute Gasteiger partial charge is 0.336 e. The molecule has 0 aliphatic carbocycles. The highest BCUT2D eigenvalue weighted by molar-refractivity contribution is 6.07. The second-order valence-electron chi connectivity index (χ2n) is 5.64. The lowest BCUT2D eigenvalue weighted by molar-refractivity contribution is -0.296. The zero-order valence-electron chi connectivity index (χ0n) is 13.0. The minimum atomic E-state index is -0.863. The van der Waals surface area contributed by atoms with Crippen molar-refractivity contribution in [3.63, 3.8) is 0 Å². The molecule has 0 saturated carbocycles. The molecule has 2 heterocycles. The van der Waals surface area contributed by atoms with Crippen molar-refractivity contribution >= 4 is 28.0 Å². The van der Waals surface area contributed by atoms with E-state index >= 15 is 0 Å². The third-order valence-electron chi connectivity index (χ3n) is 3.58. The van der Waals surface area contributed by atoms with Crippen molar-refractivity contribution in [3.05, 3.63) is 46.5 Å². The van der Waals surface area contributed by atoms with Crippen LogP contribution in [0.4, 0.5) is 0 Å². The van der Waals surface area contributed by atoms with Crippen LogP contribution in [0, 0.1) is 0 Å². The quantitative estimate of drug-likeness (QED) is 0.447. The summed E-state index contributed by atoms with van der Waals surface area (Å²) in [4.78, 5) is 16.0. The minimum Gasteiger partial charge on any atom is -0.490 e. The van der Waals surface area contributed by atoms with Gasteiger partial charge in [-0.3, -0.25) is 5.26 Å². The number of methoxy groups -OCH3 is 1. The molecule has 0 saturated heterocycles. The van der Waals surface area contributed by atoms with Gasteiger partial charge in [0.2, 0.25) is 5.75 Å². The highest BCUT2D eigenvalue weighted by atomic mass is 17.1. The van der Waals surface area contributed by atoms with Crippen LogP contribution >= 0.6 is 0 Å². The van der Waals surface area contributed by atoms with Crippen LogP contribution < -0.4 is 10.4 Å². The van der Waals surface area contributed by atoms with E-state index in [9.17, 15) is 4.79 Å². The Bertz CT molecular complexity index is 945. The van der Waals surface area contributed by atoms with Gasteiger partial charge >= 0.3 is 5.63 Å². The number of benzene rings is 1. The maximum Gasteiger partial charge on any atom is 0.336 e. The molecule has 1 aromatic carbocycles. The summed E-state index contributed by atoms with van der Waals surface area (Å²) in [6.07, 6.45) is 5.02. The fourth-order valence-corrected chi connectivity index (χ4v) is 2.42. The van der Waals surface area contributed by atoms with Crippen molar-refractivity contribution < 1.29 is 23.7 Å². The fourth-order valence-electron chi connectivity index (χ4n) is 2.42. The van der Waals surface area contributed by atoms with Gasteiger partial charge in [0.25, 0.3) is 0 Å². The standard InChI is InChI=1S/C17H16O6/c1-17(2,23-19)8-6-10-11-4-5-13(18)22-15(11)16(20-3)14-12(10)7-9-21-14/h4-9,19H,1-3H3/b8-6+. The summed E-state index contributed by atoms with van der Waals surface area (Å²) in [5.74, 6) is 0.368. The number of fused-ring (bicyclic) bond motifs is 2. The molecule has 6 nitrogen and oxygen atoms in total. The summed E-state index contributed by atoms with van der Waals surface area (Å²) >= 11 is 0. The SMILES string of the molecule is COc1c2occc2c(/C=C/C(C)(C)OO)c2ccc(=O)oc12. The maximum absolute atomic E-state index is 11.6. The number of hydrogen-bond acceptors (Lipinski definition) is 6. The molecule has 0 amide bonds. The van der Waals surface area contributed by atoms with Crippen LogP contribution in [0.25, 0.3) is 28.0 Å². The Kier molecular flexibility index (Phi) is 3.71. The van der Waals surface area contributed by atoms with Crippen molar-refractivity contribution in [3.8, 4) is 5.75 Å². The molecule has 0 unspecified atom stereocenters. The minimum absolute atomic E-state index is 0.310. The predicted octanol–water partition coefficient (Wildman–Crippen LogP) is 3.83. The molecule has 0 atom stereocenters. The van der Waals surface area contributed by atoms with Crippen LogP contribution in [-0.4, -0.2) is 18.0 Å². The molecule has 0 bridgehead atoms. The van der Waals surface area contributed by atoms with E-state index in [2.05, 4.69) is 4.89 Å². The van der Waals surface area contributed by atoms with E-state index in [0.717, 1.165) is 10.9 Å². The van der Waals surface area contributed by atoms with Gasteiger partial charge in [-0.25, -0.2) is 9.68 Å². The summed E-state index contributed by atoms with van der Waals surface area (Å²) < 4.78 is 16.2. The van der Waals surface area contributed by atoms with E-state index < -0.39 is 11.2 Å². The number of hydrogen-bond donors (Lipinski definition) is 1. The third-order valence-corrected chi connectivity index (χ3v) is 3.58. The summed E-state index contributed by atoms with van der Waals surface area (Å²) in [5.41, 5.74) is 0.230. The van der Waals surface area contributed by atoms with Gasteiger partial charge in [0, 0.05) is 16.8 Å². The van der Waals surface area contributed by atoms with Crippen LogP contribution in [0.15, 0.2) is 44.2 Å². The second-order valence-corrected chi connectivity index (χ2v) is 5.64. The van der Waals surface area contributed by atoms with E-state index in [1.807, 2.05) is 0 Å². The molecule has 0 aliphatic rings. The molecule has 0 spiro atoms. The van der Waals surface area contributed by atoms with Gasteiger partial charge in [-0.2, -0.15) is 0 Å². The molecule has 3 rings (SSSR count). The van der Waals surface area contributed by atoms with Crippen molar-refractivity contribution in [2.45, 2.75) is 19.4 Å². The van der Waals surface area contributed by atoms with Gasteiger partial charge < -0.3 is 13.6 Å². The predicted molar refractivity (Wildman–Crippen MR) is 85.6 cm³/mol. The van der Waals surface area contributed by atoms with Gasteiger partial charge in [-0.1, -0.05) is 6.08 Å².